The maximum absolute atomic E-state index is 12.9. The average Bonchev–Trinajstić information content (AvgIpc) is 3.08. The molecule has 1 aromatic rings. The van der Waals surface area contributed by atoms with Crippen molar-refractivity contribution in [1.82, 2.24) is 9.80 Å². The maximum atomic E-state index is 12.9. The van der Waals surface area contributed by atoms with Crippen LogP contribution in [0.1, 0.15) is 45.4 Å². The summed E-state index contributed by atoms with van der Waals surface area (Å²) in [6, 6.07) is 0. The molecular formula is C24H30N2O2S. The largest absolute Gasteiger partial charge is 0.340 e. The molecular weight excluding hydrogens is 380 g/mol. The Bertz CT molecular complexity index is 872. The zero-order chi connectivity index (χ0) is 20.4. The highest BCUT2D eigenvalue weighted by atomic mass is 32.1. The van der Waals surface area contributed by atoms with E-state index in [-0.39, 0.29) is 17.6 Å². The summed E-state index contributed by atoms with van der Waals surface area (Å²) in [5.74, 6) is 1.06. The number of amides is 1. The molecule has 0 radical (unpaired) electrons. The Morgan fingerprint density at radius 3 is 2.66 bits per heavy atom. The quantitative estimate of drug-likeness (QED) is 0.686. The van der Waals surface area contributed by atoms with Crippen LogP contribution in [0.15, 0.2) is 30.4 Å². The number of carbonyl (C=O) groups excluding carboxylic acids is 2. The highest BCUT2D eigenvalue weighted by Crippen LogP contribution is 2.35. The number of nitrogens with zero attached hydrogens (tertiary/aromatic N) is 2. The molecule has 0 N–H and O–H groups in total. The molecule has 0 saturated carbocycles. The number of allylic oxidation sites excluding steroid dienone is 4. The van der Waals surface area contributed by atoms with Crippen molar-refractivity contribution in [1.29, 1.82) is 0 Å². The number of carbonyl (C=O) groups is 2. The lowest BCUT2D eigenvalue weighted by Gasteiger charge is -2.36. The molecule has 1 fully saturated rings. The minimum atomic E-state index is -0.00210. The number of rotatable bonds is 5. The van der Waals surface area contributed by atoms with E-state index in [1.165, 1.54) is 16.0 Å². The standard InChI is InChI=1S/C24H30N2O2S/c1-17-8-9-22-20(16-17)18(2)23(29-22)21(27)10-11-25-12-14-26(15-13-25)24(28)19-6-4-3-5-7-19/h3-6,8-9,17,19H,7,10-16H2,1-2H3/t17?,19-/m0/s1. The molecule has 1 aromatic heterocycles. The molecule has 29 heavy (non-hydrogen) atoms. The van der Waals surface area contributed by atoms with Gasteiger partial charge in [0.25, 0.3) is 0 Å². The van der Waals surface area contributed by atoms with Crippen LogP contribution in [0.2, 0.25) is 0 Å². The Labute approximate surface area is 177 Å². The molecule has 3 aliphatic rings. The van der Waals surface area contributed by atoms with Gasteiger partial charge in [-0.05, 0) is 42.9 Å². The number of Topliss-reactive ketones (excluding diaryl/α,β-unsaturated/α-hetero) is 1. The second-order valence-electron chi connectivity index (χ2n) is 8.43. The van der Waals surface area contributed by atoms with Crippen molar-refractivity contribution in [2.75, 3.05) is 32.7 Å². The molecule has 1 saturated heterocycles. The molecule has 1 unspecified atom stereocenters. The Morgan fingerprint density at radius 2 is 1.93 bits per heavy atom. The van der Waals surface area contributed by atoms with Crippen LogP contribution in [0, 0.1) is 18.8 Å². The number of piperazine rings is 1. The van der Waals surface area contributed by atoms with Crippen LogP contribution in [-0.2, 0) is 11.2 Å². The van der Waals surface area contributed by atoms with Gasteiger partial charge in [0.1, 0.15) is 0 Å². The zero-order valence-corrected chi connectivity index (χ0v) is 18.2. The normalized spacial score (nSPS) is 24.0. The third-order valence-corrected chi connectivity index (χ3v) is 7.64. The van der Waals surface area contributed by atoms with E-state index >= 15 is 0 Å². The molecule has 1 aliphatic heterocycles. The minimum Gasteiger partial charge on any atom is -0.340 e. The summed E-state index contributed by atoms with van der Waals surface area (Å²) in [5.41, 5.74) is 2.56. The van der Waals surface area contributed by atoms with Crippen LogP contribution < -0.4 is 0 Å². The van der Waals surface area contributed by atoms with Crippen LogP contribution >= 0.6 is 11.3 Å². The Balaban J connectivity index is 1.27. The summed E-state index contributed by atoms with van der Waals surface area (Å²) in [6.07, 6.45) is 14.9. The lowest BCUT2D eigenvalue weighted by Crippen LogP contribution is -2.50. The first-order valence-electron chi connectivity index (χ1n) is 10.7. The number of hydrogen-bond acceptors (Lipinski definition) is 4. The first-order chi connectivity index (χ1) is 14.0. The van der Waals surface area contributed by atoms with E-state index < -0.39 is 0 Å². The van der Waals surface area contributed by atoms with E-state index in [4.69, 9.17) is 0 Å². The molecule has 2 heterocycles. The topological polar surface area (TPSA) is 40.6 Å². The molecule has 2 aliphatic carbocycles. The third kappa shape index (κ3) is 4.46. The first kappa shape index (κ1) is 20.3. The smallest absolute Gasteiger partial charge is 0.229 e. The van der Waals surface area contributed by atoms with Crippen molar-refractivity contribution < 1.29 is 9.59 Å². The van der Waals surface area contributed by atoms with Gasteiger partial charge in [-0.1, -0.05) is 37.3 Å². The van der Waals surface area contributed by atoms with E-state index in [9.17, 15) is 9.59 Å². The van der Waals surface area contributed by atoms with Gasteiger partial charge in [0.15, 0.2) is 5.78 Å². The summed E-state index contributed by atoms with van der Waals surface area (Å²) in [6.45, 7) is 8.34. The van der Waals surface area contributed by atoms with Crippen LogP contribution in [0.3, 0.4) is 0 Å². The second-order valence-corrected chi connectivity index (χ2v) is 9.49. The number of hydrogen-bond donors (Lipinski definition) is 0. The average molecular weight is 411 g/mol. The van der Waals surface area contributed by atoms with Gasteiger partial charge in [0, 0.05) is 44.0 Å². The van der Waals surface area contributed by atoms with E-state index in [1.54, 1.807) is 11.3 Å². The summed E-state index contributed by atoms with van der Waals surface area (Å²) in [4.78, 5) is 32.0. The Morgan fingerprint density at radius 1 is 1.14 bits per heavy atom. The number of thiophene rings is 1. The van der Waals surface area contributed by atoms with Gasteiger partial charge in [-0.3, -0.25) is 14.5 Å². The highest BCUT2D eigenvalue weighted by molar-refractivity contribution is 7.15. The van der Waals surface area contributed by atoms with Gasteiger partial charge in [-0.2, -0.15) is 0 Å². The lowest BCUT2D eigenvalue weighted by atomic mass is 9.92. The third-order valence-electron chi connectivity index (χ3n) is 6.30. The summed E-state index contributed by atoms with van der Waals surface area (Å²) >= 11 is 1.66. The molecule has 154 valence electrons. The molecule has 2 atom stereocenters. The highest BCUT2D eigenvalue weighted by Gasteiger charge is 2.27. The predicted octanol–water partition coefficient (Wildman–Crippen LogP) is 4.11. The van der Waals surface area contributed by atoms with Gasteiger partial charge in [-0.15, -0.1) is 11.3 Å². The van der Waals surface area contributed by atoms with Crippen LogP contribution in [0.25, 0.3) is 6.08 Å². The summed E-state index contributed by atoms with van der Waals surface area (Å²) in [5, 5.41) is 0. The molecule has 4 rings (SSSR count). The molecule has 4 nitrogen and oxygen atoms in total. The molecule has 0 aromatic carbocycles. The lowest BCUT2D eigenvalue weighted by molar-refractivity contribution is -0.135. The van der Waals surface area contributed by atoms with Crippen molar-refractivity contribution >= 4 is 29.1 Å². The van der Waals surface area contributed by atoms with Crippen molar-refractivity contribution in [3.05, 3.63) is 51.3 Å². The Kier molecular flexibility index (Phi) is 6.16. The van der Waals surface area contributed by atoms with Crippen molar-refractivity contribution in [2.24, 2.45) is 11.8 Å². The van der Waals surface area contributed by atoms with E-state index in [1.807, 2.05) is 23.1 Å². The molecule has 5 heteroatoms. The fourth-order valence-corrected chi connectivity index (χ4v) is 5.65. The van der Waals surface area contributed by atoms with Crippen molar-refractivity contribution in [2.45, 2.75) is 33.1 Å². The zero-order valence-electron chi connectivity index (χ0n) is 17.4. The minimum absolute atomic E-state index is 0.00210. The maximum Gasteiger partial charge on any atom is 0.229 e. The molecule has 0 spiro atoms. The fraction of sp³-hybridized carbons (Fsp3) is 0.500. The first-order valence-corrected chi connectivity index (χ1v) is 11.5. The number of fused-ring (bicyclic) bond motifs is 1. The van der Waals surface area contributed by atoms with Gasteiger partial charge in [0.2, 0.25) is 5.91 Å². The second kappa shape index (κ2) is 8.80. The monoisotopic (exact) mass is 410 g/mol. The SMILES string of the molecule is Cc1c(C(=O)CCN2CCN(C(=O)[C@H]3C=CC=CC3)CC2)sc2c1CC(C)C=C2. The van der Waals surface area contributed by atoms with Crippen molar-refractivity contribution in [3.8, 4) is 0 Å². The fourth-order valence-electron chi connectivity index (χ4n) is 4.43. The molecule has 0 bridgehead atoms. The molecule has 1 amide bonds. The van der Waals surface area contributed by atoms with Gasteiger partial charge >= 0.3 is 0 Å². The predicted molar refractivity (Wildman–Crippen MR) is 119 cm³/mol. The number of ketones is 1. The van der Waals surface area contributed by atoms with E-state index in [0.29, 0.717) is 12.3 Å². The van der Waals surface area contributed by atoms with Crippen LogP contribution in [-0.4, -0.2) is 54.2 Å². The van der Waals surface area contributed by atoms with Crippen LogP contribution in [0.5, 0.6) is 0 Å². The Hall–Kier alpha value is -1.98. The van der Waals surface area contributed by atoms with Crippen LogP contribution in [0.4, 0.5) is 0 Å². The van der Waals surface area contributed by atoms with E-state index in [0.717, 1.165) is 50.4 Å². The van der Waals surface area contributed by atoms with Gasteiger partial charge in [-0.25, -0.2) is 0 Å². The van der Waals surface area contributed by atoms with Crippen molar-refractivity contribution in [3.63, 3.8) is 0 Å². The van der Waals surface area contributed by atoms with Gasteiger partial charge < -0.3 is 4.90 Å². The summed E-state index contributed by atoms with van der Waals surface area (Å²) < 4.78 is 0. The van der Waals surface area contributed by atoms with Gasteiger partial charge in [0.05, 0.1) is 10.8 Å². The summed E-state index contributed by atoms with van der Waals surface area (Å²) in [7, 11) is 0. The van der Waals surface area contributed by atoms with E-state index in [2.05, 4.69) is 37.0 Å².